The highest BCUT2D eigenvalue weighted by molar-refractivity contribution is 6.30. The maximum Gasteiger partial charge on any atom is 0.325 e. The van der Waals surface area contributed by atoms with Crippen LogP contribution in [0.2, 0.25) is 5.02 Å². The van der Waals surface area contributed by atoms with Crippen molar-refractivity contribution in [3.8, 4) is 0 Å². The average Bonchev–Trinajstić information content (AvgIpc) is 2.93. The first-order valence-electron chi connectivity index (χ1n) is 9.22. The monoisotopic (exact) mass is 417 g/mol. The smallest absolute Gasteiger partial charge is 0.325 e. The van der Waals surface area contributed by atoms with Gasteiger partial charge in [-0.1, -0.05) is 42.8 Å². The topological polar surface area (TPSA) is 78.5 Å². The Morgan fingerprint density at radius 2 is 1.93 bits per heavy atom. The molecule has 1 saturated heterocycles. The fraction of sp³-hybridized carbons (Fsp3) is 0.286. The van der Waals surface area contributed by atoms with Gasteiger partial charge in [-0.15, -0.1) is 0 Å². The normalized spacial score (nSPS) is 19.8. The molecule has 1 fully saturated rings. The van der Waals surface area contributed by atoms with Gasteiger partial charge in [0.15, 0.2) is 0 Å². The van der Waals surface area contributed by atoms with Gasteiger partial charge in [0.05, 0.1) is 6.04 Å². The summed E-state index contributed by atoms with van der Waals surface area (Å²) in [6.07, 6.45) is 0.264. The summed E-state index contributed by atoms with van der Waals surface area (Å²) in [7, 11) is 0. The first kappa shape index (κ1) is 20.8. The molecular formula is C21H21ClFN3O3. The minimum atomic E-state index is -1.32. The molecule has 1 aliphatic rings. The van der Waals surface area contributed by atoms with E-state index in [0.29, 0.717) is 10.6 Å². The van der Waals surface area contributed by atoms with Gasteiger partial charge in [-0.25, -0.2) is 9.18 Å². The Kier molecular flexibility index (Phi) is 5.88. The van der Waals surface area contributed by atoms with Gasteiger partial charge in [0.2, 0.25) is 5.91 Å². The van der Waals surface area contributed by atoms with Crippen LogP contribution in [0.4, 0.5) is 9.18 Å². The molecule has 0 bridgehead atoms. The molecule has 8 heteroatoms. The summed E-state index contributed by atoms with van der Waals surface area (Å²) >= 11 is 5.97. The third-order valence-corrected chi connectivity index (χ3v) is 5.31. The first-order valence-corrected chi connectivity index (χ1v) is 9.59. The van der Waals surface area contributed by atoms with Crippen molar-refractivity contribution in [3.63, 3.8) is 0 Å². The Balaban J connectivity index is 1.74. The van der Waals surface area contributed by atoms with Crippen molar-refractivity contribution in [3.05, 3.63) is 70.5 Å². The second-order valence-corrected chi connectivity index (χ2v) is 7.37. The van der Waals surface area contributed by atoms with E-state index >= 15 is 0 Å². The molecule has 152 valence electrons. The van der Waals surface area contributed by atoms with Gasteiger partial charge in [-0.3, -0.25) is 14.5 Å². The number of halogens is 2. The zero-order valence-corrected chi connectivity index (χ0v) is 16.8. The van der Waals surface area contributed by atoms with Crippen molar-refractivity contribution in [1.82, 2.24) is 15.5 Å². The molecule has 0 saturated carbocycles. The second kappa shape index (κ2) is 8.21. The predicted octanol–water partition coefficient (Wildman–Crippen LogP) is 3.51. The summed E-state index contributed by atoms with van der Waals surface area (Å²) in [4.78, 5) is 38.9. The van der Waals surface area contributed by atoms with Gasteiger partial charge in [0.1, 0.15) is 17.9 Å². The van der Waals surface area contributed by atoms with Crippen LogP contribution in [0.15, 0.2) is 48.5 Å². The van der Waals surface area contributed by atoms with E-state index in [1.807, 2.05) is 6.07 Å². The first-order chi connectivity index (χ1) is 13.8. The SMILES string of the molecule is CC[C@@]1(c2ccc(F)cc2)NC(=O)N(CC(=O)N[C@@H](C)c2cccc(Cl)c2)C1=O. The van der Waals surface area contributed by atoms with Gasteiger partial charge in [0, 0.05) is 5.02 Å². The number of amides is 4. The summed E-state index contributed by atoms with van der Waals surface area (Å²) in [6.45, 7) is 3.11. The van der Waals surface area contributed by atoms with Gasteiger partial charge < -0.3 is 10.6 Å². The molecule has 0 radical (unpaired) electrons. The molecule has 29 heavy (non-hydrogen) atoms. The fourth-order valence-electron chi connectivity index (χ4n) is 3.43. The zero-order valence-electron chi connectivity index (χ0n) is 16.0. The standard InChI is InChI=1S/C21H21ClFN3O3/c1-3-21(15-7-9-17(23)10-8-15)19(28)26(20(29)25-21)12-18(27)24-13(2)14-5-4-6-16(22)11-14/h4-11,13H,3,12H2,1-2H3,(H,24,27)(H,25,29)/t13-,21-/m0/s1. The minimum Gasteiger partial charge on any atom is -0.348 e. The number of benzene rings is 2. The average molecular weight is 418 g/mol. The van der Waals surface area contributed by atoms with Crippen LogP contribution < -0.4 is 10.6 Å². The highest BCUT2D eigenvalue weighted by atomic mass is 35.5. The number of hydrogen-bond acceptors (Lipinski definition) is 3. The number of urea groups is 1. The number of nitrogens with zero attached hydrogens (tertiary/aromatic N) is 1. The van der Waals surface area contributed by atoms with Crippen molar-refractivity contribution in [2.24, 2.45) is 0 Å². The number of carbonyl (C=O) groups is 3. The molecule has 2 aromatic carbocycles. The Labute approximate surface area is 173 Å². The van der Waals surface area contributed by atoms with E-state index in [4.69, 9.17) is 11.6 Å². The summed E-state index contributed by atoms with van der Waals surface area (Å²) in [5.74, 6) is -1.46. The summed E-state index contributed by atoms with van der Waals surface area (Å²) in [6, 6.07) is 11.4. The van der Waals surface area contributed by atoms with Crippen molar-refractivity contribution in [1.29, 1.82) is 0 Å². The lowest BCUT2D eigenvalue weighted by atomic mass is 9.87. The molecule has 4 amide bonds. The number of rotatable bonds is 6. The van der Waals surface area contributed by atoms with Crippen LogP contribution >= 0.6 is 11.6 Å². The fourth-order valence-corrected chi connectivity index (χ4v) is 3.63. The quantitative estimate of drug-likeness (QED) is 0.706. The summed E-state index contributed by atoms with van der Waals surface area (Å²) in [5, 5.41) is 5.98. The Bertz CT molecular complexity index is 950. The molecule has 0 unspecified atom stereocenters. The lowest BCUT2D eigenvalue weighted by Gasteiger charge is -2.25. The maximum absolute atomic E-state index is 13.3. The van der Waals surface area contributed by atoms with E-state index in [2.05, 4.69) is 10.6 Å². The largest absolute Gasteiger partial charge is 0.348 e. The highest BCUT2D eigenvalue weighted by Crippen LogP contribution is 2.32. The lowest BCUT2D eigenvalue weighted by Crippen LogP contribution is -2.45. The number of hydrogen-bond donors (Lipinski definition) is 2. The molecule has 2 atom stereocenters. The van der Waals surface area contributed by atoms with E-state index in [1.165, 1.54) is 24.3 Å². The molecule has 0 aliphatic carbocycles. The Morgan fingerprint density at radius 3 is 2.55 bits per heavy atom. The van der Waals surface area contributed by atoms with Crippen LogP contribution in [-0.4, -0.2) is 29.3 Å². The van der Waals surface area contributed by atoms with E-state index < -0.39 is 35.7 Å². The molecule has 6 nitrogen and oxygen atoms in total. The van der Waals surface area contributed by atoms with Crippen LogP contribution in [0, 0.1) is 5.82 Å². The van der Waals surface area contributed by atoms with Crippen molar-refractivity contribution in [2.75, 3.05) is 6.54 Å². The molecular weight excluding hydrogens is 397 g/mol. The molecule has 0 spiro atoms. The molecule has 3 rings (SSSR count). The highest BCUT2D eigenvalue weighted by Gasteiger charge is 2.51. The molecule has 2 aromatic rings. The van der Waals surface area contributed by atoms with Crippen LogP contribution in [0.1, 0.15) is 37.4 Å². The van der Waals surface area contributed by atoms with Gasteiger partial charge >= 0.3 is 6.03 Å². The van der Waals surface area contributed by atoms with Crippen LogP contribution in [0.5, 0.6) is 0 Å². The van der Waals surface area contributed by atoms with Crippen LogP contribution in [0.25, 0.3) is 0 Å². The molecule has 1 heterocycles. The van der Waals surface area contributed by atoms with Crippen molar-refractivity contribution in [2.45, 2.75) is 31.8 Å². The molecule has 1 aliphatic heterocycles. The number of imide groups is 1. The van der Waals surface area contributed by atoms with Gasteiger partial charge in [-0.05, 0) is 48.7 Å². The summed E-state index contributed by atoms with van der Waals surface area (Å²) in [5.41, 5.74) is -0.0453. The van der Waals surface area contributed by atoms with E-state index in [9.17, 15) is 18.8 Å². The number of nitrogens with one attached hydrogen (secondary N) is 2. The third-order valence-electron chi connectivity index (χ3n) is 5.07. The van der Waals surface area contributed by atoms with E-state index in [1.54, 1.807) is 32.0 Å². The second-order valence-electron chi connectivity index (χ2n) is 6.93. The zero-order chi connectivity index (χ0) is 21.2. The van der Waals surface area contributed by atoms with Crippen LogP contribution in [-0.2, 0) is 15.1 Å². The van der Waals surface area contributed by atoms with Crippen LogP contribution in [0.3, 0.4) is 0 Å². The summed E-state index contributed by atoms with van der Waals surface area (Å²) < 4.78 is 13.3. The van der Waals surface area contributed by atoms with E-state index in [0.717, 1.165) is 10.5 Å². The van der Waals surface area contributed by atoms with Gasteiger partial charge in [-0.2, -0.15) is 0 Å². The Hall–Kier alpha value is -2.93. The van der Waals surface area contributed by atoms with Crippen molar-refractivity contribution >= 4 is 29.4 Å². The molecule has 0 aromatic heterocycles. The molecule has 2 N–H and O–H groups in total. The predicted molar refractivity (Wildman–Crippen MR) is 107 cm³/mol. The van der Waals surface area contributed by atoms with Crippen molar-refractivity contribution < 1.29 is 18.8 Å². The minimum absolute atomic E-state index is 0.264. The maximum atomic E-state index is 13.3. The van der Waals surface area contributed by atoms with Gasteiger partial charge in [0.25, 0.3) is 5.91 Å². The van der Waals surface area contributed by atoms with E-state index in [-0.39, 0.29) is 12.5 Å². The third kappa shape index (κ3) is 4.10. The lowest BCUT2D eigenvalue weighted by molar-refractivity contribution is -0.135. The number of carbonyl (C=O) groups excluding carboxylic acids is 3. The Morgan fingerprint density at radius 1 is 1.24 bits per heavy atom.